The average Bonchev–Trinajstić information content (AvgIpc) is 3.16. The van der Waals surface area contributed by atoms with Gasteiger partial charge < -0.3 is 24.4 Å². The molecule has 33 heavy (non-hydrogen) atoms. The largest absolute Gasteiger partial charge is 0.493 e. The number of ether oxygens (including phenoxy) is 1. The van der Waals surface area contributed by atoms with Crippen molar-refractivity contribution in [2.45, 2.75) is 26.8 Å². The lowest BCUT2D eigenvalue weighted by Gasteiger charge is -2.32. The van der Waals surface area contributed by atoms with E-state index in [0.717, 1.165) is 91.4 Å². The number of hydrogen-bond acceptors (Lipinski definition) is 5. The van der Waals surface area contributed by atoms with E-state index in [1.54, 1.807) is 0 Å². The fraction of sp³-hybridized carbons (Fsp3) is 0.444. The van der Waals surface area contributed by atoms with Crippen molar-refractivity contribution >= 4 is 16.6 Å². The van der Waals surface area contributed by atoms with Crippen LogP contribution >= 0.6 is 0 Å². The number of benzene rings is 2. The van der Waals surface area contributed by atoms with Gasteiger partial charge in [0.2, 0.25) is 0 Å². The van der Waals surface area contributed by atoms with Gasteiger partial charge in [-0.15, -0.1) is 0 Å². The molecule has 174 valence electrons. The highest BCUT2D eigenvalue weighted by Crippen LogP contribution is 2.35. The van der Waals surface area contributed by atoms with Gasteiger partial charge in [-0.25, -0.2) is 0 Å². The smallest absolute Gasteiger partial charge is 0.121 e. The van der Waals surface area contributed by atoms with E-state index < -0.39 is 0 Å². The minimum Gasteiger partial charge on any atom is -0.493 e. The molecular formula is C27H35N5O. The first-order valence-electron chi connectivity index (χ1n) is 12.1. The summed E-state index contributed by atoms with van der Waals surface area (Å²) in [5.74, 6) is 0.867. The summed E-state index contributed by atoms with van der Waals surface area (Å²) in [4.78, 5) is 4.90. The standard InChI is InChI=1S/C27H35N5O/c1-4-29-22-9-7-21(8-10-22)27-25(20-28)24-12-11-23(19-26(24)32(27)5-2)33-18-6-13-31-16-14-30(3)15-17-31/h7-12,19,29H,4-6,13-18H2,1-3H3. The number of nitrogens with zero attached hydrogens (tertiary/aromatic N) is 4. The molecular weight excluding hydrogens is 410 g/mol. The van der Waals surface area contributed by atoms with Crippen LogP contribution in [0.25, 0.3) is 22.2 Å². The molecule has 1 aromatic heterocycles. The number of hydrogen-bond donors (Lipinski definition) is 1. The van der Waals surface area contributed by atoms with Crippen molar-refractivity contribution in [1.29, 1.82) is 5.26 Å². The summed E-state index contributed by atoms with van der Waals surface area (Å²) < 4.78 is 8.34. The van der Waals surface area contributed by atoms with Crippen molar-refractivity contribution < 1.29 is 4.74 Å². The number of fused-ring (bicyclic) bond motifs is 1. The maximum Gasteiger partial charge on any atom is 0.121 e. The number of likely N-dealkylation sites (N-methyl/N-ethyl adjacent to an activating group) is 1. The zero-order chi connectivity index (χ0) is 23.2. The third-order valence-corrected chi connectivity index (χ3v) is 6.49. The lowest BCUT2D eigenvalue weighted by atomic mass is 10.1. The van der Waals surface area contributed by atoms with E-state index in [9.17, 15) is 5.26 Å². The lowest BCUT2D eigenvalue weighted by Crippen LogP contribution is -2.44. The second kappa shape index (κ2) is 10.7. The van der Waals surface area contributed by atoms with Crippen LogP contribution in [0.3, 0.4) is 0 Å². The molecule has 1 fully saturated rings. The van der Waals surface area contributed by atoms with Crippen LogP contribution in [-0.4, -0.2) is 67.3 Å². The van der Waals surface area contributed by atoms with Crippen LogP contribution in [0.2, 0.25) is 0 Å². The van der Waals surface area contributed by atoms with Gasteiger partial charge in [0.25, 0.3) is 0 Å². The van der Waals surface area contributed by atoms with Crippen LogP contribution in [0.5, 0.6) is 5.75 Å². The van der Waals surface area contributed by atoms with Crippen LogP contribution < -0.4 is 10.1 Å². The molecule has 0 spiro atoms. The molecule has 0 unspecified atom stereocenters. The fourth-order valence-corrected chi connectivity index (χ4v) is 4.66. The van der Waals surface area contributed by atoms with Crippen molar-refractivity contribution in [2.75, 3.05) is 58.2 Å². The first-order chi connectivity index (χ1) is 16.1. The van der Waals surface area contributed by atoms with Gasteiger partial charge in [0.05, 0.1) is 23.4 Å². The van der Waals surface area contributed by atoms with E-state index >= 15 is 0 Å². The van der Waals surface area contributed by atoms with Crippen molar-refractivity contribution in [3.05, 3.63) is 48.0 Å². The van der Waals surface area contributed by atoms with Gasteiger partial charge in [0.1, 0.15) is 11.8 Å². The van der Waals surface area contributed by atoms with E-state index in [1.165, 1.54) is 0 Å². The molecule has 2 aromatic carbocycles. The van der Waals surface area contributed by atoms with E-state index in [1.807, 2.05) is 12.1 Å². The SMILES string of the molecule is CCNc1ccc(-c2c(C#N)c3ccc(OCCCN4CCN(C)CC4)cc3n2CC)cc1. The van der Waals surface area contributed by atoms with Crippen LogP contribution in [-0.2, 0) is 6.54 Å². The predicted molar refractivity (Wildman–Crippen MR) is 136 cm³/mol. The summed E-state index contributed by atoms with van der Waals surface area (Å²) in [7, 11) is 2.19. The second-order valence-electron chi connectivity index (χ2n) is 8.71. The Hall–Kier alpha value is -3.01. The summed E-state index contributed by atoms with van der Waals surface area (Å²) in [5, 5.41) is 14.3. The van der Waals surface area contributed by atoms with E-state index in [2.05, 4.69) is 77.0 Å². The van der Waals surface area contributed by atoms with Crippen molar-refractivity contribution in [2.24, 2.45) is 0 Å². The molecule has 1 N–H and O–H groups in total. The Balaban J connectivity index is 1.51. The molecule has 0 aliphatic carbocycles. The third-order valence-electron chi connectivity index (χ3n) is 6.49. The highest BCUT2D eigenvalue weighted by atomic mass is 16.5. The summed E-state index contributed by atoms with van der Waals surface area (Å²) in [6, 6.07) is 16.9. The van der Waals surface area contributed by atoms with Crippen LogP contribution in [0.4, 0.5) is 5.69 Å². The summed E-state index contributed by atoms with van der Waals surface area (Å²) in [6.45, 7) is 12.2. The molecule has 6 heteroatoms. The summed E-state index contributed by atoms with van der Waals surface area (Å²) in [6.07, 6.45) is 1.02. The Morgan fingerprint density at radius 3 is 2.45 bits per heavy atom. The number of aryl methyl sites for hydroxylation is 1. The molecule has 0 saturated carbocycles. The molecule has 1 saturated heterocycles. The van der Waals surface area contributed by atoms with E-state index in [4.69, 9.17) is 4.74 Å². The Morgan fingerprint density at radius 1 is 1.03 bits per heavy atom. The van der Waals surface area contributed by atoms with Gasteiger partial charge in [-0.2, -0.15) is 5.26 Å². The molecule has 0 atom stereocenters. The average molecular weight is 446 g/mol. The Kier molecular flexibility index (Phi) is 7.54. The number of anilines is 1. The van der Waals surface area contributed by atoms with Crippen LogP contribution in [0.1, 0.15) is 25.8 Å². The molecule has 0 amide bonds. The zero-order valence-corrected chi connectivity index (χ0v) is 20.1. The van der Waals surface area contributed by atoms with Crippen LogP contribution in [0, 0.1) is 11.3 Å². The van der Waals surface area contributed by atoms with Crippen molar-refractivity contribution in [3.8, 4) is 23.1 Å². The fourth-order valence-electron chi connectivity index (χ4n) is 4.66. The van der Waals surface area contributed by atoms with Gasteiger partial charge in [-0.05, 0) is 57.1 Å². The van der Waals surface area contributed by atoms with Gasteiger partial charge in [-0.3, -0.25) is 0 Å². The van der Waals surface area contributed by atoms with Crippen molar-refractivity contribution in [3.63, 3.8) is 0 Å². The number of nitrogens with one attached hydrogen (secondary N) is 1. The summed E-state index contributed by atoms with van der Waals surface area (Å²) in [5.41, 5.74) is 4.90. The molecule has 1 aliphatic rings. The van der Waals surface area contributed by atoms with Gasteiger partial charge in [-0.1, -0.05) is 12.1 Å². The monoisotopic (exact) mass is 445 g/mol. The van der Waals surface area contributed by atoms with Gasteiger partial charge in [0.15, 0.2) is 0 Å². The number of piperazine rings is 1. The Bertz CT molecular complexity index is 1100. The topological polar surface area (TPSA) is 56.5 Å². The molecule has 0 bridgehead atoms. The van der Waals surface area contributed by atoms with Gasteiger partial charge in [0, 0.05) is 63.0 Å². The third kappa shape index (κ3) is 5.16. The zero-order valence-electron chi connectivity index (χ0n) is 20.1. The molecule has 1 aliphatic heterocycles. The molecule has 2 heterocycles. The Morgan fingerprint density at radius 2 is 1.79 bits per heavy atom. The van der Waals surface area contributed by atoms with Crippen molar-refractivity contribution in [1.82, 2.24) is 14.4 Å². The first kappa shape index (κ1) is 23.2. The van der Waals surface area contributed by atoms with Gasteiger partial charge >= 0.3 is 0 Å². The quantitative estimate of drug-likeness (QED) is 0.486. The molecule has 3 aromatic rings. The Labute approximate surface area is 197 Å². The number of nitriles is 1. The first-order valence-corrected chi connectivity index (χ1v) is 12.1. The lowest BCUT2D eigenvalue weighted by molar-refractivity contribution is 0.145. The number of aromatic nitrogens is 1. The van der Waals surface area contributed by atoms with E-state index in [0.29, 0.717) is 6.61 Å². The second-order valence-corrected chi connectivity index (χ2v) is 8.71. The molecule has 6 nitrogen and oxygen atoms in total. The maximum atomic E-state index is 9.99. The van der Waals surface area contributed by atoms with Crippen LogP contribution in [0.15, 0.2) is 42.5 Å². The highest BCUT2D eigenvalue weighted by Gasteiger charge is 2.19. The predicted octanol–water partition coefficient (Wildman–Crippen LogP) is 4.65. The normalized spacial score (nSPS) is 15.0. The molecule has 0 radical (unpaired) electrons. The highest BCUT2D eigenvalue weighted by molar-refractivity contribution is 5.95. The maximum absolute atomic E-state index is 9.99. The molecule has 4 rings (SSSR count). The minimum absolute atomic E-state index is 0.703. The number of rotatable bonds is 9. The summed E-state index contributed by atoms with van der Waals surface area (Å²) >= 11 is 0. The minimum atomic E-state index is 0.703. The van der Waals surface area contributed by atoms with E-state index in [-0.39, 0.29) is 0 Å².